The lowest BCUT2D eigenvalue weighted by Crippen LogP contribution is -2.51. The zero-order chi connectivity index (χ0) is 21.3. The maximum Gasteiger partial charge on any atom is 0.268 e. The number of para-hydroxylation sites is 2. The topological polar surface area (TPSA) is 62.2 Å². The molecular weight excluding hydrogens is 398 g/mol. The molecule has 2 heterocycles. The molecule has 6 nitrogen and oxygen atoms in total. The van der Waals surface area contributed by atoms with Gasteiger partial charge in [-0.2, -0.15) is 0 Å². The first-order valence-corrected chi connectivity index (χ1v) is 11.1. The minimum Gasteiger partial charge on any atom is -0.479 e. The van der Waals surface area contributed by atoms with Gasteiger partial charge in [-0.1, -0.05) is 48.5 Å². The molecule has 2 aromatic rings. The van der Waals surface area contributed by atoms with Gasteiger partial charge in [-0.3, -0.25) is 19.4 Å². The molecular formula is C23H25N3O3S. The van der Waals surface area contributed by atoms with E-state index in [1.54, 1.807) is 23.6 Å². The summed E-state index contributed by atoms with van der Waals surface area (Å²) in [5, 5.41) is 0.692. The summed E-state index contributed by atoms with van der Waals surface area (Å²) < 4.78 is 5.69. The first kappa shape index (κ1) is 20.5. The molecule has 156 valence electrons. The van der Waals surface area contributed by atoms with Crippen LogP contribution in [0.2, 0.25) is 0 Å². The van der Waals surface area contributed by atoms with Crippen LogP contribution in [-0.4, -0.2) is 46.3 Å². The van der Waals surface area contributed by atoms with E-state index < -0.39 is 6.10 Å². The van der Waals surface area contributed by atoms with Crippen LogP contribution in [0.3, 0.4) is 0 Å². The number of nitrogens with zero attached hydrogens (tertiary/aromatic N) is 3. The van der Waals surface area contributed by atoms with Gasteiger partial charge in [0.15, 0.2) is 11.3 Å². The van der Waals surface area contributed by atoms with Crippen LogP contribution in [0.1, 0.15) is 25.8 Å². The highest BCUT2D eigenvalue weighted by Crippen LogP contribution is 2.34. The van der Waals surface area contributed by atoms with Crippen molar-refractivity contribution in [3.63, 3.8) is 0 Å². The van der Waals surface area contributed by atoms with Crippen molar-refractivity contribution in [2.45, 2.75) is 39.3 Å². The monoisotopic (exact) mass is 423 g/mol. The Labute approximate surface area is 180 Å². The molecule has 0 spiro atoms. The third-order valence-electron chi connectivity index (χ3n) is 5.34. The standard InChI is InChI=1S/C23H25N3O3S/c1-4-18-14-30-23(24-17-11-9-15(2)10-12-17)26(18)21(27)13-25-19-7-5-6-8-20(19)29-16(3)22(25)28/h5-12,16,18H,4,13-14H2,1-3H3. The van der Waals surface area contributed by atoms with Crippen molar-refractivity contribution in [1.29, 1.82) is 0 Å². The van der Waals surface area contributed by atoms with Crippen molar-refractivity contribution >= 4 is 40.1 Å². The molecule has 0 bridgehead atoms. The molecule has 2 amide bonds. The van der Waals surface area contributed by atoms with Crippen LogP contribution in [0.5, 0.6) is 5.75 Å². The van der Waals surface area contributed by atoms with E-state index in [2.05, 4.69) is 6.92 Å². The fraction of sp³-hybridized carbons (Fsp3) is 0.348. The Balaban J connectivity index is 1.61. The summed E-state index contributed by atoms with van der Waals surface area (Å²) in [4.78, 5) is 34.2. The normalized spacial score (nSPS) is 22.2. The van der Waals surface area contributed by atoms with Gasteiger partial charge in [0.05, 0.1) is 11.4 Å². The van der Waals surface area contributed by atoms with Crippen molar-refractivity contribution in [2.24, 2.45) is 4.99 Å². The third kappa shape index (κ3) is 3.94. The smallest absolute Gasteiger partial charge is 0.268 e. The quantitative estimate of drug-likeness (QED) is 0.741. The Morgan fingerprint density at radius 3 is 2.67 bits per heavy atom. The highest BCUT2D eigenvalue weighted by molar-refractivity contribution is 8.14. The number of aliphatic imine (C=N–C) groups is 1. The van der Waals surface area contributed by atoms with E-state index in [-0.39, 0.29) is 24.4 Å². The summed E-state index contributed by atoms with van der Waals surface area (Å²) in [5.74, 6) is 1.08. The van der Waals surface area contributed by atoms with Crippen molar-refractivity contribution < 1.29 is 14.3 Å². The fourth-order valence-electron chi connectivity index (χ4n) is 3.63. The number of carbonyl (C=O) groups is 2. The van der Waals surface area contributed by atoms with Gasteiger partial charge >= 0.3 is 0 Å². The number of thioether (sulfide) groups is 1. The molecule has 2 aromatic carbocycles. The molecule has 0 radical (unpaired) electrons. The summed E-state index contributed by atoms with van der Waals surface area (Å²) in [6.45, 7) is 5.77. The number of benzene rings is 2. The number of carbonyl (C=O) groups excluding carboxylic acids is 2. The molecule has 4 rings (SSSR count). The van der Waals surface area contributed by atoms with Gasteiger partial charge < -0.3 is 4.74 Å². The Morgan fingerprint density at radius 1 is 1.20 bits per heavy atom. The maximum absolute atomic E-state index is 13.4. The second kappa shape index (κ2) is 8.52. The highest BCUT2D eigenvalue weighted by atomic mass is 32.2. The Hall–Kier alpha value is -2.80. The summed E-state index contributed by atoms with van der Waals surface area (Å²) in [6.07, 6.45) is 0.207. The molecule has 0 aliphatic carbocycles. The molecule has 0 aromatic heterocycles. The largest absolute Gasteiger partial charge is 0.479 e. The Bertz CT molecular complexity index is 989. The SMILES string of the molecule is CCC1CSC(=Nc2ccc(C)cc2)N1C(=O)CN1C(=O)C(C)Oc2ccccc21. The van der Waals surface area contributed by atoms with Gasteiger partial charge in [0.25, 0.3) is 5.91 Å². The lowest BCUT2D eigenvalue weighted by atomic mass is 10.1. The molecule has 2 atom stereocenters. The second-order valence-corrected chi connectivity index (χ2v) is 8.51. The van der Waals surface area contributed by atoms with E-state index in [1.807, 2.05) is 55.5 Å². The number of rotatable bonds is 4. The van der Waals surface area contributed by atoms with E-state index in [1.165, 1.54) is 4.90 Å². The lowest BCUT2D eigenvalue weighted by Gasteiger charge is -2.34. The van der Waals surface area contributed by atoms with Gasteiger partial charge in [0.1, 0.15) is 12.3 Å². The summed E-state index contributed by atoms with van der Waals surface area (Å²) in [6, 6.07) is 15.3. The number of hydrogen-bond donors (Lipinski definition) is 0. The average Bonchev–Trinajstić information content (AvgIpc) is 3.15. The molecule has 0 N–H and O–H groups in total. The third-order valence-corrected chi connectivity index (χ3v) is 6.44. The van der Waals surface area contributed by atoms with Gasteiger partial charge in [0.2, 0.25) is 5.91 Å². The predicted octanol–water partition coefficient (Wildman–Crippen LogP) is 4.15. The van der Waals surface area contributed by atoms with Crippen LogP contribution in [-0.2, 0) is 9.59 Å². The van der Waals surface area contributed by atoms with Crippen molar-refractivity contribution in [1.82, 2.24) is 4.90 Å². The number of hydrogen-bond acceptors (Lipinski definition) is 5. The molecule has 2 aliphatic rings. The summed E-state index contributed by atoms with van der Waals surface area (Å²) >= 11 is 1.59. The zero-order valence-electron chi connectivity index (χ0n) is 17.4. The minimum atomic E-state index is -0.622. The summed E-state index contributed by atoms with van der Waals surface area (Å²) in [5.41, 5.74) is 2.61. The predicted molar refractivity (Wildman–Crippen MR) is 121 cm³/mol. The number of amidine groups is 1. The van der Waals surface area contributed by atoms with Crippen LogP contribution in [0.15, 0.2) is 53.5 Å². The van der Waals surface area contributed by atoms with E-state index >= 15 is 0 Å². The minimum absolute atomic E-state index is 0.0342. The molecule has 1 saturated heterocycles. The zero-order valence-corrected chi connectivity index (χ0v) is 18.2. The van der Waals surface area contributed by atoms with Crippen LogP contribution in [0.4, 0.5) is 11.4 Å². The van der Waals surface area contributed by atoms with Gasteiger partial charge in [0, 0.05) is 11.8 Å². The second-order valence-electron chi connectivity index (χ2n) is 7.52. The van der Waals surface area contributed by atoms with Crippen molar-refractivity contribution in [3.05, 3.63) is 54.1 Å². The molecule has 1 fully saturated rings. The van der Waals surface area contributed by atoms with Crippen molar-refractivity contribution in [2.75, 3.05) is 17.2 Å². The van der Waals surface area contributed by atoms with Crippen LogP contribution < -0.4 is 9.64 Å². The van der Waals surface area contributed by atoms with Crippen LogP contribution in [0, 0.1) is 6.92 Å². The summed E-state index contributed by atoms with van der Waals surface area (Å²) in [7, 11) is 0. The number of fused-ring (bicyclic) bond motifs is 1. The van der Waals surface area contributed by atoms with Crippen LogP contribution in [0.25, 0.3) is 0 Å². The van der Waals surface area contributed by atoms with E-state index in [4.69, 9.17) is 9.73 Å². The lowest BCUT2D eigenvalue weighted by molar-refractivity contribution is -0.131. The van der Waals surface area contributed by atoms with E-state index in [0.717, 1.165) is 23.4 Å². The van der Waals surface area contributed by atoms with Gasteiger partial charge in [-0.05, 0) is 44.5 Å². The first-order valence-electron chi connectivity index (χ1n) is 10.1. The number of anilines is 1. The molecule has 30 heavy (non-hydrogen) atoms. The fourth-order valence-corrected chi connectivity index (χ4v) is 4.92. The molecule has 7 heteroatoms. The molecule has 2 unspecified atom stereocenters. The average molecular weight is 424 g/mol. The Morgan fingerprint density at radius 2 is 1.93 bits per heavy atom. The molecule has 0 saturated carbocycles. The molecule has 2 aliphatic heterocycles. The first-order chi connectivity index (χ1) is 14.5. The van der Waals surface area contributed by atoms with E-state index in [9.17, 15) is 9.59 Å². The van der Waals surface area contributed by atoms with E-state index in [0.29, 0.717) is 16.6 Å². The highest BCUT2D eigenvalue weighted by Gasteiger charge is 2.38. The number of amides is 2. The van der Waals surface area contributed by atoms with Gasteiger partial charge in [-0.15, -0.1) is 0 Å². The Kier molecular flexibility index (Phi) is 5.81. The van der Waals surface area contributed by atoms with Crippen LogP contribution >= 0.6 is 11.8 Å². The van der Waals surface area contributed by atoms with Gasteiger partial charge in [-0.25, -0.2) is 4.99 Å². The number of ether oxygens (including phenoxy) is 1. The van der Waals surface area contributed by atoms with Crippen molar-refractivity contribution in [3.8, 4) is 5.75 Å². The number of aryl methyl sites for hydroxylation is 1. The maximum atomic E-state index is 13.4.